The van der Waals surface area contributed by atoms with Crippen molar-refractivity contribution in [2.75, 3.05) is 11.9 Å². The molecular weight excluding hydrogens is 340 g/mol. The van der Waals surface area contributed by atoms with E-state index in [-0.39, 0.29) is 23.7 Å². The molecule has 1 fully saturated rings. The number of benzene rings is 2. The van der Waals surface area contributed by atoms with E-state index in [2.05, 4.69) is 15.2 Å². The summed E-state index contributed by atoms with van der Waals surface area (Å²) >= 11 is 0. The molecule has 1 aliphatic rings. The molecule has 0 spiro atoms. The van der Waals surface area contributed by atoms with E-state index in [9.17, 15) is 9.59 Å². The average molecular weight is 362 g/mol. The Morgan fingerprint density at radius 2 is 1.89 bits per heavy atom. The van der Waals surface area contributed by atoms with Gasteiger partial charge >= 0.3 is 0 Å². The second kappa shape index (κ2) is 6.96. The summed E-state index contributed by atoms with van der Waals surface area (Å²) < 4.78 is 2.06. The molecule has 2 atom stereocenters. The number of imidazole rings is 1. The van der Waals surface area contributed by atoms with E-state index in [4.69, 9.17) is 4.98 Å². The maximum absolute atomic E-state index is 12.4. The number of carbonyl (C=O) groups excluding carboxylic acids is 2. The number of aromatic nitrogens is 2. The molecule has 3 aromatic rings. The maximum Gasteiger partial charge on any atom is 0.241 e. The first kappa shape index (κ1) is 17.4. The fourth-order valence-electron chi connectivity index (χ4n) is 3.58. The summed E-state index contributed by atoms with van der Waals surface area (Å²) in [6.07, 6.45) is 0.555. The van der Waals surface area contributed by atoms with Crippen molar-refractivity contribution < 1.29 is 9.59 Å². The van der Waals surface area contributed by atoms with Crippen molar-refractivity contribution in [1.82, 2.24) is 14.9 Å². The number of hydrogen-bond acceptors (Lipinski definition) is 4. The quantitative estimate of drug-likeness (QED) is 0.748. The molecule has 0 radical (unpaired) electrons. The zero-order valence-electron chi connectivity index (χ0n) is 15.4. The molecule has 2 heterocycles. The Balaban J connectivity index is 1.48. The van der Waals surface area contributed by atoms with Crippen molar-refractivity contribution in [2.24, 2.45) is 13.0 Å². The summed E-state index contributed by atoms with van der Waals surface area (Å²) in [6, 6.07) is 15.4. The van der Waals surface area contributed by atoms with Crippen LogP contribution >= 0.6 is 0 Å². The molecular formula is C21H22N4O2. The number of para-hydroxylation sites is 2. The van der Waals surface area contributed by atoms with Crippen molar-refractivity contribution >= 4 is 28.4 Å². The summed E-state index contributed by atoms with van der Waals surface area (Å²) in [6.45, 7) is 2.14. The van der Waals surface area contributed by atoms with Gasteiger partial charge in [-0.05, 0) is 49.7 Å². The molecule has 2 unspecified atom stereocenters. The minimum absolute atomic E-state index is 0.0688. The molecule has 0 bridgehead atoms. The van der Waals surface area contributed by atoms with Crippen LogP contribution in [0.15, 0.2) is 48.5 Å². The van der Waals surface area contributed by atoms with E-state index in [0.29, 0.717) is 13.0 Å². The largest absolute Gasteiger partial charge is 0.327 e. The Morgan fingerprint density at radius 1 is 1.15 bits per heavy atom. The van der Waals surface area contributed by atoms with Gasteiger partial charge in [0.2, 0.25) is 5.91 Å². The van der Waals surface area contributed by atoms with Gasteiger partial charge in [-0.25, -0.2) is 4.98 Å². The van der Waals surface area contributed by atoms with Crippen LogP contribution in [0.4, 0.5) is 5.69 Å². The van der Waals surface area contributed by atoms with E-state index in [1.165, 1.54) is 0 Å². The number of Topliss-reactive ketones (excluding diaryl/α,β-unsaturated/α-hetero) is 1. The first-order valence-corrected chi connectivity index (χ1v) is 9.09. The summed E-state index contributed by atoms with van der Waals surface area (Å²) in [4.78, 5) is 28.6. The molecule has 27 heavy (non-hydrogen) atoms. The monoisotopic (exact) mass is 362 g/mol. The third-order valence-corrected chi connectivity index (χ3v) is 5.22. The number of nitrogens with zero attached hydrogens (tertiary/aromatic N) is 2. The van der Waals surface area contributed by atoms with Gasteiger partial charge in [0.15, 0.2) is 0 Å². The molecule has 2 N–H and O–H groups in total. The van der Waals surface area contributed by atoms with Gasteiger partial charge in [-0.1, -0.05) is 12.1 Å². The standard InChI is InChI=1S/C21H22N4O2/c1-13(26)15-11-18(22-12-15)21(27)23-16-9-7-14(8-10-16)20-24-17-5-3-4-6-19(17)25(20)2/h3-10,15,18,22H,11-12H2,1-2H3,(H,23,27). The van der Waals surface area contributed by atoms with Crippen molar-refractivity contribution in [3.05, 3.63) is 48.5 Å². The Labute approximate surface area is 157 Å². The Kier molecular flexibility index (Phi) is 4.49. The minimum atomic E-state index is -0.321. The fraction of sp³-hybridized carbons (Fsp3) is 0.286. The van der Waals surface area contributed by atoms with Crippen LogP contribution < -0.4 is 10.6 Å². The molecule has 4 rings (SSSR count). The third kappa shape index (κ3) is 3.36. The van der Waals surface area contributed by atoms with Crippen molar-refractivity contribution in [1.29, 1.82) is 0 Å². The van der Waals surface area contributed by atoms with Crippen LogP contribution in [0.3, 0.4) is 0 Å². The second-order valence-corrected chi connectivity index (χ2v) is 7.05. The SMILES string of the molecule is CC(=O)C1CNC(C(=O)Nc2ccc(-c3nc4ccccc4n3C)cc2)C1. The van der Waals surface area contributed by atoms with Crippen LogP contribution in [-0.2, 0) is 16.6 Å². The molecule has 138 valence electrons. The lowest BCUT2D eigenvalue weighted by molar-refractivity contribution is -0.120. The lowest BCUT2D eigenvalue weighted by atomic mass is 10.0. The number of rotatable bonds is 4. The smallest absolute Gasteiger partial charge is 0.241 e. The predicted molar refractivity (Wildman–Crippen MR) is 105 cm³/mol. The number of amides is 1. The van der Waals surface area contributed by atoms with Crippen LogP contribution in [0, 0.1) is 5.92 Å². The first-order valence-electron chi connectivity index (χ1n) is 9.09. The lowest BCUT2D eigenvalue weighted by Gasteiger charge is -2.12. The first-order chi connectivity index (χ1) is 13.0. The number of ketones is 1. The van der Waals surface area contributed by atoms with E-state index in [0.717, 1.165) is 28.1 Å². The van der Waals surface area contributed by atoms with E-state index in [1.807, 2.05) is 55.6 Å². The van der Waals surface area contributed by atoms with Gasteiger partial charge in [0.05, 0.1) is 17.1 Å². The van der Waals surface area contributed by atoms with E-state index >= 15 is 0 Å². The highest BCUT2D eigenvalue weighted by Gasteiger charge is 2.31. The number of nitrogens with one attached hydrogen (secondary N) is 2. The van der Waals surface area contributed by atoms with Gasteiger partial charge < -0.3 is 15.2 Å². The molecule has 1 aliphatic heterocycles. The van der Waals surface area contributed by atoms with E-state index < -0.39 is 0 Å². The van der Waals surface area contributed by atoms with Gasteiger partial charge in [-0.15, -0.1) is 0 Å². The maximum atomic E-state index is 12.4. The van der Waals surface area contributed by atoms with Crippen LogP contribution in [0.1, 0.15) is 13.3 Å². The van der Waals surface area contributed by atoms with Crippen molar-refractivity contribution in [3.8, 4) is 11.4 Å². The van der Waals surface area contributed by atoms with Crippen LogP contribution in [0.25, 0.3) is 22.4 Å². The molecule has 0 saturated carbocycles. The molecule has 2 aromatic carbocycles. The Hall–Kier alpha value is -2.99. The normalized spacial score (nSPS) is 19.3. The number of hydrogen-bond donors (Lipinski definition) is 2. The molecule has 6 nitrogen and oxygen atoms in total. The molecule has 1 saturated heterocycles. The topological polar surface area (TPSA) is 76.0 Å². The van der Waals surface area contributed by atoms with Crippen molar-refractivity contribution in [2.45, 2.75) is 19.4 Å². The zero-order valence-corrected chi connectivity index (χ0v) is 15.4. The van der Waals surface area contributed by atoms with Gasteiger partial charge in [-0.3, -0.25) is 9.59 Å². The predicted octanol–water partition coefficient (Wildman–Crippen LogP) is 2.75. The van der Waals surface area contributed by atoms with Crippen molar-refractivity contribution in [3.63, 3.8) is 0 Å². The number of carbonyl (C=O) groups is 2. The van der Waals surface area contributed by atoms with Gasteiger partial charge in [0.1, 0.15) is 11.6 Å². The Morgan fingerprint density at radius 3 is 2.56 bits per heavy atom. The fourth-order valence-corrected chi connectivity index (χ4v) is 3.58. The highest BCUT2D eigenvalue weighted by Crippen LogP contribution is 2.25. The van der Waals surface area contributed by atoms with Crippen LogP contribution in [-0.4, -0.2) is 33.8 Å². The zero-order chi connectivity index (χ0) is 19.0. The molecule has 0 aliphatic carbocycles. The van der Waals surface area contributed by atoms with E-state index in [1.54, 1.807) is 6.92 Å². The third-order valence-electron chi connectivity index (χ3n) is 5.22. The lowest BCUT2D eigenvalue weighted by Crippen LogP contribution is -2.35. The van der Waals surface area contributed by atoms with Crippen LogP contribution in [0.5, 0.6) is 0 Å². The summed E-state index contributed by atoms with van der Waals surface area (Å²) in [5.41, 5.74) is 3.76. The van der Waals surface area contributed by atoms with Gasteiger partial charge in [0.25, 0.3) is 0 Å². The highest BCUT2D eigenvalue weighted by atomic mass is 16.2. The van der Waals surface area contributed by atoms with Crippen LogP contribution in [0.2, 0.25) is 0 Å². The average Bonchev–Trinajstić information content (AvgIpc) is 3.29. The minimum Gasteiger partial charge on any atom is -0.327 e. The van der Waals surface area contributed by atoms with Gasteiger partial charge in [-0.2, -0.15) is 0 Å². The molecule has 1 aromatic heterocycles. The summed E-state index contributed by atoms with van der Waals surface area (Å²) in [5, 5.41) is 6.04. The number of anilines is 1. The molecule has 1 amide bonds. The summed E-state index contributed by atoms with van der Waals surface area (Å²) in [5.74, 6) is 0.843. The summed E-state index contributed by atoms with van der Waals surface area (Å²) in [7, 11) is 2.00. The van der Waals surface area contributed by atoms with Gasteiger partial charge in [0, 0.05) is 30.8 Å². The Bertz CT molecular complexity index is 1010. The second-order valence-electron chi connectivity index (χ2n) is 7.05. The number of fused-ring (bicyclic) bond motifs is 1. The highest BCUT2D eigenvalue weighted by molar-refractivity contribution is 5.96. The molecule has 6 heteroatoms. The number of aryl methyl sites for hydroxylation is 1.